The summed E-state index contributed by atoms with van der Waals surface area (Å²) in [5.74, 6) is -2.86. The van der Waals surface area contributed by atoms with Crippen LogP contribution in [0, 0.1) is 22.9 Å². The van der Waals surface area contributed by atoms with Gasteiger partial charge in [0, 0.05) is 29.6 Å². The number of nitrogens with zero attached hydrogens (tertiary/aromatic N) is 1. The molecule has 1 aromatic heterocycles. The SMILES string of the molecule is CC1(C)Cc2c(ccn2-c2c(F)cc(F)cc2F)C(O)C1. The van der Waals surface area contributed by atoms with E-state index in [0.717, 1.165) is 0 Å². The molecule has 2 aromatic rings. The average Bonchev–Trinajstić information content (AvgIpc) is 2.70. The van der Waals surface area contributed by atoms with Crippen molar-refractivity contribution in [3.63, 3.8) is 0 Å². The minimum atomic E-state index is -0.955. The Kier molecular flexibility index (Phi) is 3.13. The Morgan fingerprint density at radius 2 is 1.81 bits per heavy atom. The van der Waals surface area contributed by atoms with Gasteiger partial charge >= 0.3 is 0 Å². The van der Waals surface area contributed by atoms with Crippen LogP contribution in [-0.2, 0) is 6.42 Å². The summed E-state index contributed by atoms with van der Waals surface area (Å²) in [6.45, 7) is 3.99. The molecule has 1 unspecified atom stereocenters. The molecule has 1 heterocycles. The van der Waals surface area contributed by atoms with Crippen molar-refractivity contribution in [1.29, 1.82) is 0 Å². The van der Waals surface area contributed by atoms with E-state index in [-0.39, 0.29) is 11.1 Å². The molecule has 0 aliphatic heterocycles. The van der Waals surface area contributed by atoms with E-state index in [9.17, 15) is 18.3 Å². The molecular weight excluding hydrogens is 279 g/mol. The Bertz CT molecular complexity index is 683. The summed E-state index contributed by atoms with van der Waals surface area (Å²) >= 11 is 0. The quantitative estimate of drug-likeness (QED) is 0.848. The fourth-order valence-corrected chi connectivity index (χ4v) is 3.10. The maximum Gasteiger partial charge on any atom is 0.153 e. The lowest BCUT2D eigenvalue weighted by atomic mass is 9.75. The van der Waals surface area contributed by atoms with Crippen molar-refractivity contribution in [3.8, 4) is 5.69 Å². The number of hydrogen-bond acceptors (Lipinski definition) is 1. The lowest BCUT2D eigenvalue weighted by Crippen LogP contribution is -2.26. The summed E-state index contributed by atoms with van der Waals surface area (Å²) in [5, 5.41) is 10.2. The first-order valence-electron chi connectivity index (χ1n) is 6.81. The van der Waals surface area contributed by atoms with Crippen molar-refractivity contribution in [3.05, 3.63) is 53.1 Å². The minimum Gasteiger partial charge on any atom is -0.388 e. The molecule has 0 radical (unpaired) electrons. The second-order valence-corrected chi connectivity index (χ2v) is 6.37. The fraction of sp³-hybridized carbons (Fsp3) is 0.375. The van der Waals surface area contributed by atoms with Gasteiger partial charge < -0.3 is 9.67 Å². The minimum absolute atomic E-state index is 0.171. The first-order valence-corrected chi connectivity index (χ1v) is 6.81. The third-order valence-corrected chi connectivity index (χ3v) is 4.00. The van der Waals surface area contributed by atoms with E-state index in [4.69, 9.17) is 0 Å². The van der Waals surface area contributed by atoms with Gasteiger partial charge in [-0.3, -0.25) is 0 Å². The van der Waals surface area contributed by atoms with Crippen molar-refractivity contribution < 1.29 is 18.3 Å². The summed E-state index contributed by atoms with van der Waals surface area (Å²) in [5.41, 5.74) is 0.873. The van der Waals surface area contributed by atoms with Gasteiger partial charge in [-0.2, -0.15) is 0 Å². The smallest absolute Gasteiger partial charge is 0.153 e. The Hall–Kier alpha value is -1.75. The Morgan fingerprint density at radius 3 is 2.43 bits per heavy atom. The van der Waals surface area contributed by atoms with Crippen molar-refractivity contribution >= 4 is 0 Å². The largest absolute Gasteiger partial charge is 0.388 e. The van der Waals surface area contributed by atoms with Gasteiger partial charge in [-0.1, -0.05) is 13.8 Å². The van der Waals surface area contributed by atoms with Gasteiger partial charge in [0.2, 0.25) is 0 Å². The molecule has 0 saturated heterocycles. The zero-order chi connectivity index (χ0) is 15.4. The molecule has 1 N–H and O–H groups in total. The predicted octanol–water partition coefficient (Wildman–Crippen LogP) is 3.90. The first kappa shape index (κ1) is 14.2. The van der Waals surface area contributed by atoms with Crippen molar-refractivity contribution in [1.82, 2.24) is 4.57 Å². The van der Waals surface area contributed by atoms with E-state index in [1.165, 1.54) is 10.8 Å². The van der Waals surface area contributed by atoms with Gasteiger partial charge in [0.1, 0.15) is 11.5 Å². The van der Waals surface area contributed by atoms with E-state index >= 15 is 0 Å². The summed E-state index contributed by atoms with van der Waals surface area (Å²) in [7, 11) is 0. The maximum atomic E-state index is 14.0. The Morgan fingerprint density at radius 1 is 1.19 bits per heavy atom. The fourth-order valence-electron chi connectivity index (χ4n) is 3.10. The molecule has 0 amide bonds. The van der Waals surface area contributed by atoms with E-state index in [2.05, 4.69) is 0 Å². The standard InChI is InChI=1S/C16H16F3NO/c1-16(2)7-13-10(14(21)8-16)3-4-20(13)15-11(18)5-9(17)6-12(15)19/h3-6,14,21H,7-8H2,1-2H3. The van der Waals surface area contributed by atoms with Crippen molar-refractivity contribution in [2.24, 2.45) is 5.41 Å². The van der Waals surface area contributed by atoms with Crippen LogP contribution in [0.4, 0.5) is 13.2 Å². The molecule has 1 aliphatic carbocycles. The molecule has 0 saturated carbocycles. The van der Waals surface area contributed by atoms with Gasteiger partial charge in [-0.15, -0.1) is 0 Å². The Balaban J connectivity index is 2.19. The van der Waals surface area contributed by atoms with Crippen molar-refractivity contribution in [2.75, 3.05) is 0 Å². The van der Waals surface area contributed by atoms with Crippen molar-refractivity contribution in [2.45, 2.75) is 32.8 Å². The first-order chi connectivity index (χ1) is 9.78. The van der Waals surface area contributed by atoms with Crippen LogP contribution in [0.1, 0.15) is 37.6 Å². The van der Waals surface area contributed by atoms with Gasteiger partial charge in [-0.05, 0) is 24.3 Å². The molecule has 112 valence electrons. The number of benzene rings is 1. The van der Waals surface area contributed by atoms with Gasteiger partial charge in [0.05, 0.1) is 6.10 Å². The molecular formula is C16H16F3NO. The molecule has 0 fully saturated rings. The third kappa shape index (κ3) is 2.35. The molecule has 1 atom stereocenters. The number of rotatable bonds is 1. The van der Waals surface area contributed by atoms with E-state index in [1.807, 2.05) is 13.8 Å². The molecule has 21 heavy (non-hydrogen) atoms. The highest BCUT2D eigenvalue weighted by Gasteiger charge is 2.34. The molecule has 1 aliphatic rings. The van der Waals surface area contributed by atoms with Gasteiger partial charge in [0.15, 0.2) is 11.6 Å². The molecule has 2 nitrogen and oxygen atoms in total. The highest BCUT2D eigenvalue weighted by atomic mass is 19.1. The monoisotopic (exact) mass is 295 g/mol. The highest BCUT2D eigenvalue weighted by Crippen LogP contribution is 2.42. The zero-order valence-corrected chi connectivity index (χ0v) is 11.8. The second-order valence-electron chi connectivity index (χ2n) is 6.37. The number of halogens is 3. The molecule has 0 spiro atoms. The number of aliphatic hydroxyl groups excluding tert-OH is 1. The van der Waals surface area contributed by atoms with Crippen LogP contribution in [0.5, 0.6) is 0 Å². The summed E-state index contributed by atoms with van der Waals surface area (Å²) in [6, 6.07) is 2.99. The van der Waals surface area contributed by atoms with Crippen LogP contribution in [0.25, 0.3) is 5.69 Å². The molecule has 1 aromatic carbocycles. The van der Waals surface area contributed by atoms with Gasteiger partial charge in [-0.25, -0.2) is 13.2 Å². The van der Waals surface area contributed by atoms with E-state index < -0.39 is 23.6 Å². The molecule has 3 rings (SSSR count). The summed E-state index contributed by atoms with van der Waals surface area (Å²) < 4.78 is 42.4. The summed E-state index contributed by atoms with van der Waals surface area (Å²) in [4.78, 5) is 0. The van der Waals surface area contributed by atoms with E-state index in [0.29, 0.717) is 36.2 Å². The van der Waals surface area contributed by atoms with Crippen LogP contribution in [0.3, 0.4) is 0 Å². The van der Waals surface area contributed by atoms with Crippen LogP contribution < -0.4 is 0 Å². The van der Waals surface area contributed by atoms with E-state index in [1.54, 1.807) is 6.07 Å². The molecule has 5 heteroatoms. The van der Waals surface area contributed by atoms with Gasteiger partial charge in [0.25, 0.3) is 0 Å². The number of aromatic nitrogens is 1. The predicted molar refractivity (Wildman–Crippen MR) is 72.7 cm³/mol. The normalized spacial score (nSPS) is 20.4. The average molecular weight is 295 g/mol. The topological polar surface area (TPSA) is 25.2 Å². The van der Waals surface area contributed by atoms with Crippen LogP contribution in [-0.4, -0.2) is 9.67 Å². The highest BCUT2D eigenvalue weighted by molar-refractivity contribution is 5.42. The summed E-state index contributed by atoms with van der Waals surface area (Å²) in [6.07, 6.45) is 2.05. The second kappa shape index (κ2) is 4.63. The number of hydrogen-bond donors (Lipinski definition) is 1. The zero-order valence-electron chi connectivity index (χ0n) is 11.8. The third-order valence-electron chi connectivity index (χ3n) is 4.00. The van der Waals surface area contributed by atoms with Crippen LogP contribution in [0.2, 0.25) is 0 Å². The lowest BCUT2D eigenvalue weighted by molar-refractivity contribution is 0.0986. The van der Waals surface area contributed by atoms with Crippen LogP contribution >= 0.6 is 0 Å². The van der Waals surface area contributed by atoms with Crippen LogP contribution in [0.15, 0.2) is 24.4 Å². The number of aliphatic hydroxyl groups is 1. The maximum absolute atomic E-state index is 14.0. The molecule has 0 bridgehead atoms. The Labute approximate surface area is 120 Å². The lowest BCUT2D eigenvalue weighted by Gasteiger charge is -2.34. The number of fused-ring (bicyclic) bond motifs is 1.